The van der Waals surface area contributed by atoms with Gasteiger partial charge in [0, 0.05) is 6.54 Å². The van der Waals surface area contributed by atoms with Crippen LogP contribution in [0.5, 0.6) is 0 Å². The Morgan fingerprint density at radius 3 is 1.82 bits per heavy atom. The lowest BCUT2D eigenvalue weighted by atomic mass is 10.4. The molecule has 0 atom stereocenters. The fourth-order valence-corrected chi connectivity index (χ4v) is 2.39. The van der Waals surface area contributed by atoms with Gasteiger partial charge < -0.3 is 14.2 Å². The molecule has 0 spiro atoms. The van der Waals surface area contributed by atoms with Gasteiger partial charge in [0.25, 0.3) is 5.97 Å². The third-order valence-corrected chi connectivity index (χ3v) is 3.06. The number of rotatable bonds is 5. The first kappa shape index (κ1) is 16.2. The van der Waals surface area contributed by atoms with Crippen LogP contribution in [0, 0.1) is 0 Å². The van der Waals surface area contributed by atoms with Crippen molar-refractivity contribution in [2.75, 3.05) is 6.54 Å². The molecule has 0 unspecified atom stereocenters. The molecule has 0 aliphatic rings. The molecule has 1 N–H and O–H groups in total. The topological polar surface area (TPSA) is 64.6 Å². The van der Waals surface area contributed by atoms with Crippen LogP contribution in [0.1, 0.15) is 6.42 Å². The Morgan fingerprint density at radius 1 is 0.941 bits per heavy atom. The molecule has 0 aliphatic heterocycles. The Morgan fingerprint density at radius 2 is 1.41 bits per heavy atom. The van der Waals surface area contributed by atoms with E-state index in [9.17, 15) is 9.59 Å². The summed E-state index contributed by atoms with van der Waals surface area (Å²) in [5.74, 6) is -0.266. The van der Waals surface area contributed by atoms with Crippen LogP contribution < -0.4 is 5.32 Å². The van der Waals surface area contributed by atoms with E-state index >= 15 is 0 Å². The third-order valence-electron chi connectivity index (χ3n) is 1.42. The zero-order chi connectivity index (χ0) is 13.7. The van der Waals surface area contributed by atoms with Crippen molar-refractivity contribution in [2.45, 2.75) is 45.7 Å². The van der Waals surface area contributed by atoms with Crippen LogP contribution in [0.15, 0.2) is 0 Å². The smallest absolute Gasteiger partial charge is 0.393 e. The number of hydrogen-bond donors (Lipinski definition) is 1. The van der Waals surface area contributed by atoms with Gasteiger partial charge in [0.2, 0.25) is 16.6 Å². The van der Waals surface area contributed by atoms with E-state index in [0.717, 1.165) is 0 Å². The molecule has 100 valence electrons. The molecule has 0 aliphatic carbocycles. The third kappa shape index (κ3) is 11.4. The highest BCUT2D eigenvalue weighted by molar-refractivity contribution is 6.71. The minimum Gasteiger partial charge on any atom is -0.520 e. The summed E-state index contributed by atoms with van der Waals surface area (Å²) in [4.78, 5) is 22.6. The summed E-state index contributed by atoms with van der Waals surface area (Å²) in [6, 6.07) is 0. The summed E-state index contributed by atoms with van der Waals surface area (Å²) in [5, 5.41) is 2.54. The predicted molar refractivity (Wildman–Crippen MR) is 71.9 cm³/mol. The van der Waals surface area contributed by atoms with Gasteiger partial charge in [-0.1, -0.05) is 0 Å². The number of carbonyl (C=O) groups is 2. The van der Waals surface area contributed by atoms with Crippen LogP contribution >= 0.6 is 0 Å². The quantitative estimate of drug-likeness (QED) is 0.783. The van der Waals surface area contributed by atoms with Crippen molar-refractivity contribution in [1.29, 1.82) is 0 Å². The van der Waals surface area contributed by atoms with Crippen LogP contribution in [-0.4, -0.2) is 35.2 Å². The second kappa shape index (κ2) is 6.20. The number of amides is 1. The lowest BCUT2D eigenvalue weighted by Crippen LogP contribution is -2.37. The Hall–Kier alpha value is -0.826. The molecular weight excluding hydrogens is 254 g/mol. The van der Waals surface area contributed by atoms with Crippen LogP contribution in [0.3, 0.4) is 0 Å². The summed E-state index contributed by atoms with van der Waals surface area (Å²) in [5.41, 5.74) is 0. The van der Waals surface area contributed by atoms with E-state index < -0.39 is 22.7 Å². The second-order valence-electron chi connectivity index (χ2n) is 5.77. The van der Waals surface area contributed by atoms with Gasteiger partial charge >= 0.3 is 6.09 Å². The largest absolute Gasteiger partial charge is 0.520 e. The van der Waals surface area contributed by atoms with Crippen LogP contribution in [0.4, 0.5) is 4.79 Å². The van der Waals surface area contributed by atoms with E-state index in [1.807, 2.05) is 39.3 Å². The first-order valence-electron chi connectivity index (χ1n) is 5.68. The molecule has 17 heavy (non-hydrogen) atoms. The Labute approximate surface area is 105 Å². The van der Waals surface area contributed by atoms with Crippen molar-refractivity contribution in [3.8, 4) is 0 Å². The summed E-state index contributed by atoms with van der Waals surface area (Å²) < 4.78 is 10.4. The van der Waals surface area contributed by atoms with Gasteiger partial charge in [0.15, 0.2) is 0 Å². The molecule has 1 amide bonds. The van der Waals surface area contributed by atoms with E-state index in [1.54, 1.807) is 0 Å². The van der Waals surface area contributed by atoms with Crippen LogP contribution in [-0.2, 0) is 13.6 Å². The summed E-state index contributed by atoms with van der Waals surface area (Å²) in [6.45, 7) is 11.9. The minimum absolute atomic E-state index is 0.186. The monoisotopic (exact) mass is 277 g/mol. The highest BCUT2D eigenvalue weighted by atomic mass is 28.4. The van der Waals surface area contributed by atoms with Crippen molar-refractivity contribution >= 4 is 28.7 Å². The van der Waals surface area contributed by atoms with Crippen molar-refractivity contribution < 1.29 is 18.4 Å². The minimum atomic E-state index is -1.86. The first-order chi connectivity index (χ1) is 7.49. The Bertz CT molecular complexity index is 253. The first-order valence-corrected chi connectivity index (χ1v) is 12.5. The average molecular weight is 277 g/mol. The lowest BCUT2D eigenvalue weighted by Gasteiger charge is -2.19. The van der Waals surface area contributed by atoms with Crippen molar-refractivity contribution in [1.82, 2.24) is 5.32 Å². The summed E-state index contributed by atoms with van der Waals surface area (Å²) >= 11 is 0. The van der Waals surface area contributed by atoms with E-state index in [-0.39, 0.29) is 18.9 Å². The predicted octanol–water partition coefficient (Wildman–Crippen LogP) is 2.32. The van der Waals surface area contributed by atoms with Crippen molar-refractivity contribution in [3.63, 3.8) is 0 Å². The van der Waals surface area contributed by atoms with E-state index in [1.165, 1.54) is 0 Å². The lowest BCUT2D eigenvalue weighted by molar-refractivity contribution is -0.134. The normalized spacial score (nSPS) is 11.9. The molecule has 0 fully saturated rings. The van der Waals surface area contributed by atoms with Crippen molar-refractivity contribution in [2.24, 2.45) is 0 Å². The molecule has 0 aromatic carbocycles. The molecule has 0 saturated carbocycles. The van der Waals surface area contributed by atoms with E-state index in [0.29, 0.717) is 0 Å². The number of nitrogens with one attached hydrogen (secondary N) is 1. The summed E-state index contributed by atoms with van der Waals surface area (Å²) in [7, 11) is -3.68. The molecule has 0 heterocycles. The molecule has 5 nitrogen and oxygen atoms in total. The molecule has 7 heteroatoms. The van der Waals surface area contributed by atoms with Crippen LogP contribution in [0.2, 0.25) is 39.3 Å². The molecule has 0 rings (SSSR count). The molecule has 0 bridgehead atoms. The highest BCUT2D eigenvalue weighted by Gasteiger charge is 2.21. The standard InChI is InChI=1S/C10H23NO4Si2/c1-16(2,3)14-9(12)7-8-11-10(13)15-17(4,5)6/h7-8H2,1-6H3,(H,11,13). The van der Waals surface area contributed by atoms with E-state index in [4.69, 9.17) is 8.85 Å². The van der Waals surface area contributed by atoms with Gasteiger partial charge in [0.05, 0.1) is 6.42 Å². The maximum Gasteiger partial charge on any atom is 0.393 e. The molecule has 0 saturated heterocycles. The zero-order valence-electron chi connectivity index (χ0n) is 11.5. The van der Waals surface area contributed by atoms with Gasteiger partial charge in [-0.2, -0.15) is 0 Å². The highest BCUT2D eigenvalue weighted by Crippen LogP contribution is 2.04. The van der Waals surface area contributed by atoms with Gasteiger partial charge in [-0.15, -0.1) is 0 Å². The number of carbonyl (C=O) groups excluding carboxylic acids is 2. The molecular formula is C10H23NO4Si2. The maximum atomic E-state index is 11.4. The zero-order valence-corrected chi connectivity index (χ0v) is 13.5. The van der Waals surface area contributed by atoms with E-state index in [2.05, 4.69) is 5.32 Å². The Kier molecular flexibility index (Phi) is 5.90. The fourth-order valence-electron chi connectivity index (χ4n) is 0.973. The molecule has 0 radical (unpaired) electrons. The van der Waals surface area contributed by atoms with Crippen LogP contribution in [0.25, 0.3) is 0 Å². The molecule has 0 aromatic heterocycles. The Balaban J connectivity index is 3.78. The maximum absolute atomic E-state index is 11.4. The second-order valence-corrected chi connectivity index (χ2v) is 14.6. The van der Waals surface area contributed by atoms with Gasteiger partial charge in [-0.25, -0.2) is 4.79 Å². The van der Waals surface area contributed by atoms with Gasteiger partial charge in [0.1, 0.15) is 0 Å². The number of hydrogen-bond acceptors (Lipinski definition) is 4. The van der Waals surface area contributed by atoms with Gasteiger partial charge in [-0.05, 0) is 39.3 Å². The fraction of sp³-hybridized carbons (Fsp3) is 0.800. The molecule has 0 aromatic rings. The van der Waals surface area contributed by atoms with Crippen molar-refractivity contribution in [3.05, 3.63) is 0 Å². The summed E-state index contributed by atoms with van der Waals surface area (Å²) in [6.07, 6.45) is -0.268. The van der Waals surface area contributed by atoms with Gasteiger partial charge in [-0.3, -0.25) is 4.79 Å². The SMILES string of the molecule is C[Si](C)(C)OC(=O)CCNC(=O)O[Si](C)(C)C. The average Bonchev–Trinajstić information content (AvgIpc) is 1.95.